The standard InChI is InChI=1S/C21H28N4O4/c1-4-5-13-29-20-22-18-17(25(20)14-16-9-7-15(2)8-10-16)19(27)24(11-6-12-26)21(28)23(18)3/h7-10,26H,4-6,11-14H2,1-3H3/p+2. The molecule has 0 aliphatic carbocycles. The predicted molar refractivity (Wildman–Crippen MR) is 108 cm³/mol. The molecule has 0 saturated carbocycles. The van der Waals surface area contributed by atoms with Crippen molar-refractivity contribution in [2.45, 2.75) is 46.2 Å². The first-order chi connectivity index (χ1) is 14.0. The molecule has 0 radical (unpaired) electrons. The molecule has 0 amide bonds. The van der Waals surface area contributed by atoms with E-state index < -0.39 is 0 Å². The molecule has 0 saturated heterocycles. The van der Waals surface area contributed by atoms with Gasteiger partial charge in [-0.05, 0) is 18.9 Å². The van der Waals surface area contributed by atoms with Crippen LogP contribution in [0, 0.1) is 6.92 Å². The van der Waals surface area contributed by atoms with Crippen molar-refractivity contribution in [3.8, 4) is 12.0 Å². The monoisotopic (exact) mass is 402 g/mol. The second-order valence-corrected chi connectivity index (χ2v) is 7.29. The number of hydrogen-bond donors (Lipinski definition) is 3. The van der Waals surface area contributed by atoms with Gasteiger partial charge in [0.15, 0.2) is 0 Å². The van der Waals surface area contributed by atoms with Crippen LogP contribution in [-0.4, -0.2) is 33.0 Å². The number of rotatable bonds is 9. The first-order valence-corrected chi connectivity index (χ1v) is 10.0. The zero-order valence-electron chi connectivity index (χ0n) is 17.3. The lowest BCUT2D eigenvalue weighted by molar-refractivity contribution is -0.679. The van der Waals surface area contributed by atoms with Crippen LogP contribution in [0.25, 0.3) is 11.2 Å². The van der Waals surface area contributed by atoms with E-state index >= 15 is 0 Å². The van der Waals surface area contributed by atoms with Gasteiger partial charge in [-0.2, -0.15) is 18.7 Å². The Balaban J connectivity index is 2.17. The topological polar surface area (TPSA) is 95.2 Å². The number of aryl methyl sites for hydroxylation is 2. The molecule has 29 heavy (non-hydrogen) atoms. The summed E-state index contributed by atoms with van der Waals surface area (Å²) in [6.45, 7) is 5.28. The van der Waals surface area contributed by atoms with Crippen molar-refractivity contribution < 1.29 is 24.1 Å². The molecule has 0 atom stereocenters. The predicted octanol–water partition coefficient (Wildman–Crippen LogP) is 1.07. The Labute approximate surface area is 169 Å². The molecule has 0 bridgehead atoms. The summed E-state index contributed by atoms with van der Waals surface area (Å²) in [5.41, 5.74) is 2.80. The third-order valence-electron chi connectivity index (χ3n) is 5.03. The third-order valence-corrected chi connectivity index (χ3v) is 5.03. The average Bonchev–Trinajstić information content (AvgIpc) is 3.07. The number of ether oxygens (including phenoxy) is 1. The second kappa shape index (κ2) is 9.09. The van der Waals surface area contributed by atoms with Gasteiger partial charge in [0.1, 0.15) is 6.54 Å². The van der Waals surface area contributed by atoms with Gasteiger partial charge in [-0.1, -0.05) is 43.2 Å². The summed E-state index contributed by atoms with van der Waals surface area (Å²) in [7, 11) is 1.69. The zero-order valence-corrected chi connectivity index (χ0v) is 17.3. The first kappa shape index (κ1) is 20.9. The number of fused-ring (bicyclic) bond motifs is 1. The number of aromatic amines is 1. The summed E-state index contributed by atoms with van der Waals surface area (Å²) in [6.07, 6.45) is 2.28. The van der Waals surface area contributed by atoms with Crippen LogP contribution in [0.15, 0.2) is 29.1 Å². The zero-order chi connectivity index (χ0) is 21.0. The number of aliphatic hydroxyl groups is 1. The van der Waals surface area contributed by atoms with Crippen LogP contribution in [-0.2, 0) is 20.1 Å². The van der Waals surface area contributed by atoms with Crippen molar-refractivity contribution in [2.75, 3.05) is 13.2 Å². The molecule has 3 N–H and O–H groups in total. The smallest absolute Gasteiger partial charge is 0.457 e. The van der Waals surface area contributed by atoms with Crippen molar-refractivity contribution in [2.24, 2.45) is 7.05 Å². The number of aromatic nitrogens is 4. The molecule has 1 aromatic carbocycles. The maximum Gasteiger partial charge on any atom is 0.457 e. The maximum atomic E-state index is 13.2. The lowest BCUT2D eigenvalue weighted by Gasteiger charge is -2.06. The van der Waals surface area contributed by atoms with Gasteiger partial charge in [0.05, 0.1) is 20.2 Å². The van der Waals surface area contributed by atoms with E-state index in [4.69, 9.17) is 9.84 Å². The van der Waals surface area contributed by atoms with Gasteiger partial charge in [-0.25, -0.2) is 4.79 Å². The van der Waals surface area contributed by atoms with Crippen LogP contribution in [0.2, 0.25) is 0 Å². The van der Waals surface area contributed by atoms with E-state index in [1.54, 1.807) is 7.05 Å². The normalized spacial score (nSPS) is 11.3. The van der Waals surface area contributed by atoms with Gasteiger partial charge in [-0.3, -0.25) is 0 Å². The molecule has 156 valence electrons. The second-order valence-electron chi connectivity index (χ2n) is 7.29. The van der Waals surface area contributed by atoms with Crippen LogP contribution in [0.1, 0.15) is 37.3 Å². The fraction of sp³-hybridized carbons (Fsp3) is 0.476. The minimum absolute atomic E-state index is 0.0600. The van der Waals surface area contributed by atoms with E-state index in [2.05, 4.69) is 11.9 Å². The summed E-state index contributed by atoms with van der Waals surface area (Å²) in [4.78, 5) is 16.4. The van der Waals surface area contributed by atoms with E-state index in [-0.39, 0.29) is 24.7 Å². The molecule has 0 aliphatic heterocycles. The third kappa shape index (κ3) is 4.27. The van der Waals surface area contributed by atoms with Gasteiger partial charge < -0.3 is 14.9 Å². The van der Waals surface area contributed by atoms with Crippen LogP contribution >= 0.6 is 0 Å². The number of nitrogens with one attached hydrogen (secondary N) is 1. The first-order valence-electron chi connectivity index (χ1n) is 10.0. The van der Waals surface area contributed by atoms with Crippen molar-refractivity contribution in [3.05, 3.63) is 45.7 Å². The Bertz CT molecular complexity index is 1040. The molecule has 8 nitrogen and oxygen atoms in total. The molecule has 0 aliphatic rings. The minimum Gasteiger partial charge on any atom is -0.458 e. The van der Waals surface area contributed by atoms with Gasteiger partial charge in [0.25, 0.3) is 5.52 Å². The Kier molecular flexibility index (Phi) is 6.53. The van der Waals surface area contributed by atoms with E-state index in [0.29, 0.717) is 36.7 Å². The number of benzene rings is 1. The molecular weight excluding hydrogens is 372 g/mol. The fourth-order valence-corrected chi connectivity index (χ4v) is 3.30. The molecule has 3 aromatic rings. The highest BCUT2D eigenvalue weighted by Gasteiger charge is 2.32. The lowest BCUT2D eigenvalue weighted by atomic mass is 10.1. The molecule has 0 fully saturated rings. The van der Waals surface area contributed by atoms with Gasteiger partial charge in [-0.15, -0.1) is 0 Å². The van der Waals surface area contributed by atoms with E-state index in [0.717, 1.165) is 18.4 Å². The van der Waals surface area contributed by atoms with Crippen LogP contribution in [0.4, 0.5) is 0 Å². The maximum absolute atomic E-state index is 13.2. The van der Waals surface area contributed by atoms with Crippen LogP contribution in [0.5, 0.6) is 12.0 Å². The minimum atomic E-state index is -0.322. The SMILES string of the molecule is CCCCOc1[nH]c2c(c(=O)n(CCCO)c(O)[n+]2C)[n+]1Cc1ccc(C)cc1. The highest BCUT2D eigenvalue weighted by molar-refractivity contribution is 5.62. The fourth-order valence-electron chi connectivity index (χ4n) is 3.30. The number of H-pyrrole nitrogens is 1. The van der Waals surface area contributed by atoms with Crippen LogP contribution < -0.4 is 19.4 Å². The number of imidazole rings is 1. The molecular formula is C21H30N4O4+2. The number of aromatic hydroxyl groups is 1. The summed E-state index contributed by atoms with van der Waals surface area (Å²) < 4.78 is 10.6. The highest BCUT2D eigenvalue weighted by Crippen LogP contribution is 2.13. The van der Waals surface area contributed by atoms with Gasteiger partial charge in [0.2, 0.25) is 0 Å². The number of unbranched alkanes of at least 4 members (excludes halogenated alkanes) is 1. The molecule has 2 heterocycles. The van der Waals surface area contributed by atoms with Crippen molar-refractivity contribution in [1.82, 2.24) is 9.55 Å². The van der Waals surface area contributed by atoms with Gasteiger partial charge >= 0.3 is 23.2 Å². The lowest BCUT2D eigenvalue weighted by Crippen LogP contribution is -2.45. The van der Waals surface area contributed by atoms with Gasteiger partial charge in [0, 0.05) is 13.0 Å². The van der Waals surface area contributed by atoms with Crippen LogP contribution in [0.3, 0.4) is 0 Å². The molecule has 8 heteroatoms. The Morgan fingerprint density at radius 1 is 1.21 bits per heavy atom. The summed E-state index contributed by atoms with van der Waals surface area (Å²) in [6, 6.07) is 8.45. The summed E-state index contributed by atoms with van der Waals surface area (Å²) in [5.74, 6) is 0. The van der Waals surface area contributed by atoms with Crippen molar-refractivity contribution in [3.63, 3.8) is 0 Å². The quantitative estimate of drug-likeness (QED) is 0.369. The molecule has 2 aromatic heterocycles. The number of hydrogen-bond acceptors (Lipinski definition) is 4. The summed E-state index contributed by atoms with van der Waals surface area (Å²) >= 11 is 0. The number of aliphatic hydroxyl groups excluding tert-OH is 1. The summed E-state index contributed by atoms with van der Waals surface area (Å²) in [5, 5.41) is 19.7. The number of nitrogens with zero attached hydrogens (tertiary/aromatic N) is 3. The average molecular weight is 402 g/mol. The highest BCUT2D eigenvalue weighted by atomic mass is 16.5. The van der Waals surface area contributed by atoms with E-state index in [9.17, 15) is 9.90 Å². The Hall–Kier alpha value is -2.87. The van der Waals surface area contributed by atoms with E-state index in [1.807, 2.05) is 35.8 Å². The van der Waals surface area contributed by atoms with Crippen molar-refractivity contribution in [1.29, 1.82) is 0 Å². The van der Waals surface area contributed by atoms with Crippen molar-refractivity contribution >= 4 is 11.2 Å². The molecule has 0 spiro atoms. The van der Waals surface area contributed by atoms with E-state index in [1.165, 1.54) is 14.7 Å². The Morgan fingerprint density at radius 3 is 2.59 bits per heavy atom. The largest absolute Gasteiger partial charge is 0.458 e. The molecule has 3 rings (SSSR count). The molecule has 0 unspecified atom stereocenters. The Morgan fingerprint density at radius 2 is 1.93 bits per heavy atom.